The van der Waals surface area contributed by atoms with Gasteiger partial charge in [-0.15, -0.1) is 0 Å². The Hall–Kier alpha value is -1.71. The molecule has 0 saturated carbocycles. The van der Waals surface area contributed by atoms with Crippen LogP contribution in [0, 0.1) is 0 Å². The van der Waals surface area contributed by atoms with Gasteiger partial charge in [-0.05, 0) is 23.3 Å². The third-order valence-electron chi connectivity index (χ3n) is 2.75. The van der Waals surface area contributed by atoms with Gasteiger partial charge in [-0.25, -0.2) is 4.99 Å². The number of rotatable bonds is 4. The first-order chi connectivity index (χ1) is 9.65. The zero-order chi connectivity index (χ0) is 14.4. The van der Waals surface area contributed by atoms with Gasteiger partial charge in [0.15, 0.2) is 5.96 Å². The van der Waals surface area contributed by atoms with Crippen LogP contribution >= 0.6 is 23.2 Å². The Balaban J connectivity index is 1.90. The van der Waals surface area contributed by atoms with E-state index in [2.05, 4.69) is 10.3 Å². The van der Waals surface area contributed by atoms with E-state index in [0.29, 0.717) is 29.1 Å². The summed E-state index contributed by atoms with van der Waals surface area (Å²) in [5.74, 6) is 0.389. The number of halogens is 2. The summed E-state index contributed by atoms with van der Waals surface area (Å²) in [5, 5.41) is 4.26. The number of guanidine groups is 1. The van der Waals surface area contributed by atoms with E-state index in [0.717, 1.165) is 11.1 Å². The summed E-state index contributed by atoms with van der Waals surface area (Å²) in [5.41, 5.74) is 7.86. The third kappa shape index (κ3) is 4.44. The summed E-state index contributed by atoms with van der Waals surface area (Å²) in [6.07, 6.45) is 0. The summed E-state index contributed by atoms with van der Waals surface area (Å²) >= 11 is 11.9. The van der Waals surface area contributed by atoms with Gasteiger partial charge in [0, 0.05) is 16.6 Å². The minimum absolute atomic E-state index is 0.389. The topological polar surface area (TPSA) is 50.4 Å². The Bertz CT molecular complexity index is 597. The molecule has 0 bridgehead atoms. The fraction of sp³-hybridized carbons (Fsp3) is 0.133. The van der Waals surface area contributed by atoms with Crippen molar-refractivity contribution in [1.82, 2.24) is 5.32 Å². The molecule has 0 spiro atoms. The molecule has 0 fully saturated rings. The van der Waals surface area contributed by atoms with Gasteiger partial charge in [-0.2, -0.15) is 0 Å². The molecular weight excluding hydrogens is 293 g/mol. The predicted molar refractivity (Wildman–Crippen MR) is 85.1 cm³/mol. The van der Waals surface area contributed by atoms with Gasteiger partial charge >= 0.3 is 0 Å². The average Bonchev–Trinajstić information content (AvgIpc) is 2.45. The molecule has 0 aliphatic heterocycles. The maximum atomic E-state index is 6.08. The highest BCUT2D eigenvalue weighted by molar-refractivity contribution is 6.35. The minimum Gasteiger partial charge on any atom is -0.370 e. The quantitative estimate of drug-likeness (QED) is 0.670. The van der Waals surface area contributed by atoms with Crippen molar-refractivity contribution in [2.75, 3.05) is 0 Å². The first-order valence-electron chi connectivity index (χ1n) is 6.17. The van der Waals surface area contributed by atoms with Gasteiger partial charge in [-0.3, -0.25) is 0 Å². The van der Waals surface area contributed by atoms with E-state index >= 15 is 0 Å². The number of aliphatic imine (C=N–C) groups is 1. The van der Waals surface area contributed by atoms with E-state index in [1.165, 1.54) is 0 Å². The second-order valence-corrected chi connectivity index (χ2v) is 5.12. The Morgan fingerprint density at radius 2 is 1.85 bits per heavy atom. The van der Waals surface area contributed by atoms with E-state index in [1.807, 2.05) is 36.4 Å². The summed E-state index contributed by atoms with van der Waals surface area (Å²) in [4.78, 5) is 4.27. The molecule has 104 valence electrons. The average molecular weight is 308 g/mol. The van der Waals surface area contributed by atoms with Crippen LogP contribution < -0.4 is 11.1 Å². The van der Waals surface area contributed by atoms with Crippen LogP contribution in [0.3, 0.4) is 0 Å². The molecule has 0 atom stereocenters. The standard InChI is InChI=1S/C15H15Cl2N3/c16-13-7-6-12(14(17)8-13)10-20-15(18)19-9-11-4-2-1-3-5-11/h1-8H,9-10H2,(H3,18,19,20). The van der Waals surface area contributed by atoms with Crippen molar-refractivity contribution >= 4 is 29.2 Å². The Morgan fingerprint density at radius 3 is 2.55 bits per heavy atom. The van der Waals surface area contributed by atoms with Gasteiger partial charge in [0.05, 0.1) is 6.54 Å². The molecule has 2 aromatic carbocycles. The minimum atomic E-state index is 0.389. The monoisotopic (exact) mass is 307 g/mol. The molecule has 3 N–H and O–H groups in total. The summed E-state index contributed by atoms with van der Waals surface area (Å²) in [7, 11) is 0. The van der Waals surface area contributed by atoms with Crippen molar-refractivity contribution in [1.29, 1.82) is 0 Å². The van der Waals surface area contributed by atoms with Crippen molar-refractivity contribution in [2.45, 2.75) is 13.1 Å². The highest BCUT2D eigenvalue weighted by Gasteiger charge is 2.01. The van der Waals surface area contributed by atoms with Crippen LogP contribution in [0.15, 0.2) is 53.5 Å². The molecule has 20 heavy (non-hydrogen) atoms. The van der Waals surface area contributed by atoms with E-state index < -0.39 is 0 Å². The summed E-state index contributed by atoms with van der Waals surface area (Å²) in [6.45, 7) is 1.06. The number of benzene rings is 2. The number of nitrogens with one attached hydrogen (secondary N) is 1. The van der Waals surface area contributed by atoms with Gasteiger partial charge in [0.2, 0.25) is 0 Å². The van der Waals surface area contributed by atoms with E-state index in [1.54, 1.807) is 12.1 Å². The number of hydrogen-bond acceptors (Lipinski definition) is 1. The Labute approximate surface area is 128 Å². The molecule has 0 aliphatic carbocycles. The Kier molecular flexibility index (Phi) is 5.27. The van der Waals surface area contributed by atoms with E-state index in [9.17, 15) is 0 Å². The summed E-state index contributed by atoms with van der Waals surface area (Å²) in [6, 6.07) is 15.3. The van der Waals surface area contributed by atoms with Crippen molar-refractivity contribution in [3.05, 3.63) is 69.7 Å². The molecule has 0 amide bonds. The van der Waals surface area contributed by atoms with E-state index in [4.69, 9.17) is 28.9 Å². The first-order valence-corrected chi connectivity index (χ1v) is 6.92. The van der Waals surface area contributed by atoms with Crippen molar-refractivity contribution in [3.63, 3.8) is 0 Å². The van der Waals surface area contributed by atoms with Gasteiger partial charge < -0.3 is 11.1 Å². The zero-order valence-corrected chi connectivity index (χ0v) is 12.3. The largest absolute Gasteiger partial charge is 0.370 e. The van der Waals surface area contributed by atoms with E-state index in [-0.39, 0.29) is 0 Å². The smallest absolute Gasteiger partial charge is 0.189 e. The molecule has 0 radical (unpaired) electrons. The maximum absolute atomic E-state index is 6.08. The molecule has 3 nitrogen and oxygen atoms in total. The van der Waals surface area contributed by atoms with Crippen molar-refractivity contribution < 1.29 is 0 Å². The van der Waals surface area contributed by atoms with Crippen LogP contribution in [0.1, 0.15) is 11.1 Å². The highest BCUT2D eigenvalue weighted by Crippen LogP contribution is 2.20. The highest BCUT2D eigenvalue weighted by atomic mass is 35.5. The second-order valence-electron chi connectivity index (χ2n) is 4.28. The SMILES string of the molecule is NC(=NCc1ccccc1)NCc1ccc(Cl)cc1Cl. The molecule has 0 aliphatic rings. The molecule has 0 heterocycles. The number of hydrogen-bond donors (Lipinski definition) is 2. The van der Waals surface area contributed by atoms with Crippen LogP contribution in [0.25, 0.3) is 0 Å². The van der Waals surface area contributed by atoms with Crippen LogP contribution in [0.2, 0.25) is 10.0 Å². The molecular formula is C15H15Cl2N3. The normalized spacial score (nSPS) is 11.4. The molecule has 0 saturated heterocycles. The van der Waals surface area contributed by atoms with Crippen LogP contribution in [-0.2, 0) is 13.1 Å². The molecule has 0 unspecified atom stereocenters. The molecule has 2 rings (SSSR count). The van der Waals surface area contributed by atoms with Gasteiger partial charge in [-0.1, -0.05) is 59.6 Å². The lowest BCUT2D eigenvalue weighted by molar-refractivity contribution is 0.885. The molecule has 2 aromatic rings. The van der Waals surface area contributed by atoms with Crippen LogP contribution in [0.4, 0.5) is 0 Å². The molecule has 5 heteroatoms. The lowest BCUT2D eigenvalue weighted by Crippen LogP contribution is -2.31. The van der Waals surface area contributed by atoms with Crippen molar-refractivity contribution in [2.24, 2.45) is 10.7 Å². The zero-order valence-electron chi connectivity index (χ0n) is 10.8. The number of nitrogens with two attached hydrogens (primary N) is 1. The van der Waals surface area contributed by atoms with Crippen LogP contribution in [-0.4, -0.2) is 5.96 Å². The van der Waals surface area contributed by atoms with Crippen LogP contribution in [0.5, 0.6) is 0 Å². The maximum Gasteiger partial charge on any atom is 0.189 e. The van der Waals surface area contributed by atoms with Gasteiger partial charge in [0.1, 0.15) is 0 Å². The lowest BCUT2D eigenvalue weighted by atomic mass is 10.2. The summed E-state index contributed by atoms with van der Waals surface area (Å²) < 4.78 is 0. The fourth-order valence-electron chi connectivity index (χ4n) is 1.67. The first kappa shape index (κ1) is 14.7. The third-order valence-corrected chi connectivity index (χ3v) is 3.34. The second kappa shape index (κ2) is 7.17. The number of nitrogens with zero attached hydrogens (tertiary/aromatic N) is 1. The predicted octanol–water partition coefficient (Wildman–Crippen LogP) is 3.60. The Morgan fingerprint density at radius 1 is 1.10 bits per heavy atom. The van der Waals surface area contributed by atoms with Crippen molar-refractivity contribution in [3.8, 4) is 0 Å². The van der Waals surface area contributed by atoms with Gasteiger partial charge in [0.25, 0.3) is 0 Å². The fourth-order valence-corrected chi connectivity index (χ4v) is 2.14. The molecule has 0 aromatic heterocycles. The lowest BCUT2D eigenvalue weighted by Gasteiger charge is -2.08.